The van der Waals surface area contributed by atoms with Crippen LogP contribution in [0.1, 0.15) is 6.92 Å². The number of hydrogen-bond acceptors (Lipinski definition) is 4. The molecule has 0 saturated carbocycles. The van der Waals surface area contributed by atoms with Gasteiger partial charge in [0.15, 0.2) is 5.82 Å². The first-order chi connectivity index (χ1) is 7.65. The van der Waals surface area contributed by atoms with Crippen molar-refractivity contribution in [3.8, 4) is 11.4 Å². The number of aromatic amines is 1. The van der Waals surface area contributed by atoms with Crippen molar-refractivity contribution in [1.29, 1.82) is 0 Å². The van der Waals surface area contributed by atoms with Gasteiger partial charge in [0.25, 0.3) is 0 Å². The van der Waals surface area contributed by atoms with Crippen LogP contribution < -0.4 is 11.1 Å². The van der Waals surface area contributed by atoms with Gasteiger partial charge in [-0.1, -0.05) is 0 Å². The Labute approximate surface area is 97.4 Å². The van der Waals surface area contributed by atoms with E-state index in [2.05, 4.69) is 20.5 Å². The van der Waals surface area contributed by atoms with Gasteiger partial charge in [0.05, 0.1) is 0 Å². The second kappa shape index (κ2) is 5.08. The number of carbonyl (C=O) groups excluding carboxylic acids is 1. The fourth-order valence-corrected chi connectivity index (χ4v) is 1.32. The molecule has 0 atom stereocenters. The molecule has 7 nitrogen and oxygen atoms in total. The number of benzene rings is 1. The molecule has 0 saturated heterocycles. The van der Waals surface area contributed by atoms with Crippen LogP contribution in [0.5, 0.6) is 0 Å². The zero-order valence-electron chi connectivity index (χ0n) is 9.19. The molecule has 0 fully saturated rings. The van der Waals surface area contributed by atoms with Crippen molar-refractivity contribution in [1.82, 2.24) is 15.2 Å². The summed E-state index contributed by atoms with van der Waals surface area (Å²) in [5.74, 6) is 0.712. The van der Waals surface area contributed by atoms with Crippen LogP contribution in [0.15, 0.2) is 24.3 Å². The molecule has 0 aliphatic carbocycles. The Balaban J connectivity index is 0.00000144. The molecule has 90 valence electrons. The van der Waals surface area contributed by atoms with E-state index in [-0.39, 0.29) is 17.3 Å². The highest BCUT2D eigenvalue weighted by molar-refractivity contribution is 5.88. The third kappa shape index (κ3) is 3.02. The average molecular weight is 235 g/mol. The Morgan fingerprint density at radius 2 is 2.00 bits per heavy atom. The molecule has 1 amide bonds. The molecule has 2 rings (SSSR count). The number of nitrogens with one attached hydrogen (secondary N) is 2. The minimum Gasteiger partial charge on any atom is -0.412 e. The largest absolute Gasteiger partial charge is 0.412 e. The lowest BCUT2D eigenvalue weighted by molar-refractivity contribution is -0.114. The molecule has 0 bridgehead atoms. The predicted molar refractivity (Wildman–Crippen MR) is 64.1 cm³/mol. The summed E-state index contributed by atoms with van der Waals surface area (Å²) in [6.07, 6.45) is 0. The van der Waals surface area contributed by atoms with Gasteiger partial charge in [-0.15, -0.1) is 5.10 Å². The van der Waals surface area contributed by atoms with Gasteiger partial charge in [-0.2, -0.15) is 4.98 Å². The minimum absolute atomic E-state index is 0. The normalized spacial score (nSPS) is 9.47. The van der Waals surface area contributed by atoms with Gasteiger partial charge in [-0.05, 0) is 24.3 Å². The van der Waals surface area contributed by atoms with Gasteiger partial charge in [0, 0.05) is 18.2 Å². The number of hydrogen-bond donors (Lipinski definition) is 3. The minimum atomic E-state index is -0.100. The van der Waals surface area contributed by atoms with E-state index >= 15 is 0 Å². The van der Waals surface area contributed by atoms with Crippen LogP contribution >= 0.6 is 0 Å². The number of aromatic nitrogens is 3. The molecule has 7 heteroatoms. The predicted octanol–water partition coefficient (Wildman–Crippen LogP) is 0.188. The fraction of sp³-hybridized carbons (Fsp3) is 0.100. The zero-order valence-corrected chi connectivity index (χ0v) is 9.19. The Kier molecular flexibility index (Phi) is 3.78. The van der Waals surface area contributed by atoms with Crippen LogP contribution in [0.2, 0.25) is 0 Å². The van der Waals surface area contributed by atoms with E-state index in [0.29, 0.717) is 5.82 Å². The lowest BCUT2D eigenvalue weighted by atomic mass is 10.2. The summed E-state index contributed by atoms with van der Waals surface area (Å²) in [6, 6.07) is 7.22. The van der Waals surface area contributed by atoms with Crippen LogP contribution in [-0.4, -0.2) is 26.6 Å². The zero-order chi connectivity index (χ0) is 11.5. The number of H-pyrrole nitrogens is 1. The van der Waals surface area contributed by atoms with Crippen molar-refractivity contribution in [3.05, 3.63) is 24.3 Å². The molecule has 1 aromatic heterocycles. The molecule has 17 heavy (non-hydrogen) atoms. The second-order valence-electron chi connectivity index (χ2n) is 3.30. The van der Waals surface area contributed by atoms with Crippen molar-refractivity contribution >= 4 is 17.5 Å². The standard InChI is InChI=1S/C10H11N5O.H2O/c1-6(16)12-8-4-2-7(3-5-8)9-13-10(11)15-14-9;/h2-5H,1H3,(H,12,16)(H3,11,13,14,15);1H2. The molecule has 0 spiro atoms. The molecule has 2 aromatic rings. The topological polar surface area (TPSA) is 128 Å². The van der Waals surface area contributed by atoms with Crippen LogP contribution in [0, 0.1) is 0 Å². The van der Waals surface area contributed by atoms with Gasteiger partial charge in [0.1, 0.15) is 0 Å². The highest BCUT2D eigenvalue weighted by Crippen LogP contribution is 2.17. The smallest absolute Gasteiger partial charge is 0.239 e. The Bertz CT molecular complexity index is 506. The number of anilines is 2. The van der Waals surface area contributed by atoms with Crippen molar-refractivity contribution in [2.24, 2.45) is 0 Å². The number of rotatable bonds is 2. The molecule has 0 aliphatic rings. The molecule has 1 aromatic carbocycles. The van der Waals surface area contributed by atoms with Crippen molar-refractivity contribution < 1.29 is 10.3 Å². The number of carbonyl (C=O) groups is 1. The van der Waals surface area contributed by atoms with E-state index in [1.807, 2.05) is 12.1 Å². The van der Waals surface area contributed by atoms with Gasteiger partial charge in [-0.3, -0.25) is 9.89 Å². The molecule has 1 heterocycles. The first kappa shape index (κ1) is 12.7. The summed E-state index contributed by atoms with van der Waals surface area (Å²) in [7, 11) is 0. The molecular weight excluding hydrogens is 222 g/mol. The second-order valence-corrected chi connectivity index (χ2v) is 3.30. The summed E-state index contributed by atoms with van der Waals surface area (Å²) in [5.41, 5.74) is 7.00. The summed E-state index contributed by atoms with van der Waals surface area (Å²) in [6.45, 7) is 1.46. The van der Waals surface area contributed by atoms with Crippen molar-refractivity contribution in [2.75, 3.05) is 11.1 Å². The Hall–Kier alpha value is -2.41. The molecule has 0 aliphatic heterocycles. The van der Waals surface area contributed by atoms with Crippen molar-refractivity contribution in [2.45, 2.75) is 6.92 Å². The summed E-state index contributed by atoms with van der Waals surface area (Å²) >= 11 is 0. The van der Waals surface area contributed by atoms with E-state index < -0.39 is 0 Å². The quantitative estimate of drug-likeness (QED) is 0.686. The van der Waals surface area contributed by atoms with Gasteiger partial charge < -0.3 is 16.5 Å². The van der Waals surface area contributed by atoms with Crippen molar-refractivity contribution in [3.63, 3.8) is 0 Å². The lowest BCUT2D eigenvalue weighted by Crippen LogP contribution is -2.05. The first-order valence-electron chi connectivity index (χ1n) is 4.71. The number of nitrogen functional groups attached to an aromatic ring is 1. The van der Waals surface area contributed by atoms with Crippen LogP contribution in [-0.2, 0) is 4.79 Å². The summed E-state index contributed by atoms with van der Waals surface area (Å²) < 4.78 is 0. The van der Waals surface area contributed by atoms with E-state index in [9.17, 15) is 4.79 Å². The summed E-state index contributed by atoms with van der Waals surface area (Å²) in [5, 5.41) is 9.12. The Morgan fingerprint density at radius 3 is 2.47 bits per heavy atom. The number of amides is 1. The number of nitrogens with two attached hydrogens (primary N) is 1. The average Bonchev–Trinajstić information content (AvgIpc) is 2.65. The van der Waals surface area contributed by atoms with E-state index in [1.54, 1.807) is 12.1 Å². The van der Waals surface area contributed by atoms with Crippen LogP contribution in [0.3, 0.4) is 0 Å². The van der Waals surface area contributed by atoms with E-state index in [4.69, 9.17) is 5.73 Å². The van der Waals surface area contributed by atoms with Gasteiger partial charge >= 0.3 is 0 Å². The first-order valence-corrected chi connectivity index (χ1v) is 4.71. The molecular formula is C10H13N5O2. The summed E-state index contributed by atoms with van der Waals surface area (Å²) in [4.78, 5) is 14.8. The highest BCUT2D eigenvalue weighted by Gasteiger charge is 2.03. The lowest BCUT2D eigenvalue weighted by Gasteiger charge is -2.02. The third-order valence-corrected chi connectivity index (χ3v) is 1.98. The van der Waals surface area contributed by atoms with Gasteiger partial charge in [-0.25, -0.2) is 0 Å². The highest BCUT2D eigenvalue weighted by atomic mass is 16.1. The van der Waals surface area contributed by atoms with E-state index in [1.165, 1.54) is 6.92 Å². The SMILES string of the molecule is CC(=O)Nc1ccc(-c2nc(N)n[nH]2)cc1.O. The van der Waals surface area contributed by atoms with Crippen LogP contribution in [0.4, 0.5) is 11.6 Å². The molecule has 0 unspecified atom stereocenters. The van der Waals surface area contributed by atoms with Gasteiger partial charge in [0.2, 0.25) is 11.9 Å². The molecule has 0 radical (unpaired) electrons. The monoisotopic (exact) mass is 235 g/mol. The van der Waals surface area contributed by atoms with Crippen LogP contribution in [0.25, 0.3) is 11.4 Å². The third-order valence-electron chi connectivity index (χ3n) is 1.98. The number of nitrogens with zero attached hydrogens (tertiary/aromatic N) is 2. The van der Waals surface area contributed by atoms with E-state index in [0.717, 1.165) is 11.3 Å². The maximum absolute atomic E-state index is 10.8. The maximum Gasteiger partial charge on any atom is 0.239 e. The fourth-order valence-electron chi connectivity index (χ4n) is 1.32. The molecule has 6 N–H and O–H groups in total. The maximum atomic E-state index is 10.8. The Morgan fingerprint density at radius 1 is 1.35 bits per heavy atom.